The SMILES string of the molecule is CCC(=O)O[C@H]1C[C@H](N2C(=O)C=CC2=O)c2ccccc21. The Labute approximate surface area is 122 Å². The zero-order chi connectivity index (χ0) is 15.0. The molecular formula is C16H15NO4. The molecule has 3 rings (SSSR count). The second-order valence-electron chi connectivity index (χ2n) is 5.09. The molecule has 5 nitrogen and oxygen atoms in total. The lowest BCUT2D eigenvalue weighted by Gasteiger charge is -2.22. The van der Waals surface area contributed by atoms with E-state index in [0.29, 0.717) is 12.8 Å². The summed E-state index contributed by atoms with van der Waals surface area (Å²) in [7, 11) is 0. The van der Waals surface area contributed by atoms with Crippen molar-refractivity contribution in [3.05, 3.63) is 47.5 Å². The molecule has 1 aliphatic heterocycles. The smallest absolute Gasteiger partial charge is 0.306 e. The minimum atomic E-state index is -0.403. The molecule has 0 N–H and O–H groups in total. The minimum absolute atomic E-state index is 0.285. The third-order valence-corrected chi connectivity index (χ3v) is 3.86. The van der Waals surface area contributed by atoms with Crippen molar-refractivity contribution in [1.82, 2.24) is 4.90 Å². The highest BCUT2D eigenvalue weighted by Gasteiger charge is 2.41. The van der Waals surface area contributed by atoms with Gasteiger partial charge < -0.3 is 4.74 Å². The molecule has 0 radical (unpaired) electrons. The normalized spacial score (nSPS) is 23.6. The van der Waals surface area contributed by atoms with E-state index in [-0.39, 0.29) is 23.8 Å². The quantitative estimate of drug-likeness (QED) is 0.630. The van der Waals surface area contributed by atoms with E-state index in [1.807, 2.05) is 24.3 Å². The molecule has 1 aromatic carbocycles. The van der Waals surface area contributed by atoms with E-state index < -0.39 is 6.10 Å². The van der Waals surface area contributed by atoms with Gasteiger partial charge >= 0.3 is 5.97 Å². The predicted molar refractivity (Wildman–Crippen MR) is 73.9 cm³/mol. The molecule has 0 saturated heterocycles. The van der Waals surface area contributed by atoms with Crippen LogP contribution in [-0.2, 0) is 19.1 Å². The Morgan fingerprint density at radius 2 is 1.81 bits per heavy atom. The van der Waals surface area contributed by atoms with Gasteiger partial charge in [-0.1, -0.05) is 31.2 Å². The molecule has 1 aliphatic carbocycles. The Kier molecular flexibility index (Phi) is 3.33. The number of fused-ring (bicyclic) bond motifs is 1. The zero-order valence-electron chi connectivity index (χ0n) is 11.6. The number of carbonyl (C=O) groups is 3. The Hall–Kier alpha value is -2.43. The van der Waals surface area contributed by atoms with Crippen LogP contribution < -0.4 is 0 Å². The molecule has 1 heterocycles. The van der Waals surface area contributed by atoms with Gasteiger partial charge in [-0.05, 0) is 11.1 Å². The van der Waals surface area contributed by atoms with Crippen molar-refractivity contribution in [1.29, 1.82) is 0 Å². The molecule has 108 valence electrons. The molecule has 1 aromatic rings. The van der Waals surface area contributed by atoms with Gasteiger partial charge in [-0.2, -0.15) is 0 Å². The predicted octanol–water partition coefficient (Wildman–Crippen LogP) is 2.05. The maximum Gasteiger partial charge on any atom is 0.306 e. The lowest BCUT2D eigenvalue weighted by Crippen LogP contribution is -2.33. The van der Waals surface area contributed by atoms with Crippen molar-refractivity contribution < 1.29 is 19.1 Å². The Morgan fingerprint density at radius 1 is 1.19 bits per heavy atom. The summed E-state index contributed by atoms with van der Waals surface area (Å²) in [5.74, 6) is -0.919. The Morgan fingerprint density at radius 3 is 2.43 bits per heavy atom. The summed E-state index contributed by atoms with van der Waals surface area (Å²) in [5.41, 5.74) is 1.74. The molecular weight excluding hydrogens is 270 g/mol. The number of imide groups is 1. The maximum absolute atomic E-state index is 11.9. The van der Waals surface area contributed by atoms with E-state index in [4.69, 9.17) is 4.74 Å². The van der Waals surface area contributed by atoms with Crippen LogP contribution in [0.1, 0.15) is 43.0 Å². The number of nitrogens with zero attached hydrogens (tertiary/aromatic N) is 1. The van der Waals surface area contributed by atoms with Crippen molar-refractivity contribution in [2.24, 2.45) is 0 Å². The second kappa shape index (κ2) is 5.16. The first-order chi connectivity index (χ1) is 10.1. The van der Waals surface area contributed by atoms with Crippen molar-refractivity contribution in [2.45, 2.75) is 31.9 Å². The van der Waals surface area contributed by atoms with Gasteiger partial charge in [-0.3, -0.25) is 19.3 Å². The van der Waals surface area contributed by atoms with Gasteiger partial charge in [-0.25, -0.2) is 0 Å². The summed E-state index contributed by atoms with van der Waals surface area (Å²) in [4.78, 5) is 36.5. The lowest BCUT2D eigenvalue weighted by atomic mass is 10.1. The van der Waals surface area contributed by atoms with Gasteiger partial charge in [-0.15, -0.1) is 0 Å². The van der Waals surface area contributed by atoms with E-state index in [0.717, 1.165) is 11.1 Å². The van der Waals surface area contributed by atoms with Gasteiger partial charge in [0.2, 0.25) is 0 Å². The van der Waals surface area contributed by atoms with Crippen LogP contribution in [0.15, 0.2) is 36.4 Å². The molecule has 0 bridgehead atoms. The van der Waals surface area contributed by atoms with Crippen LogP contribution in [0.2, 0.25) is 0 Å². The highest BCUT2D eigenvalue weighted by Crippen LogP contribution is 2.44. The second-order valence-corrected chi connectivity index (χ2v) is 5.09. The molecule has 0 unspecified atom stereocenters. The van der Waals surface area contributed by atoms with Crippen LogP contribution in [-0.4, -0.2) is 22.7 Å². The molecule has 0 spiro atoms. The summed E-state index contributed by atoms with van der Waals surface area (Å²) in [5, 5.41) is 0. The van der Waals surface area contributed by atoms with Gasteiger partial charge in [0.25, 0.3) is 11.8 Å². The van der Waals surface area contributed by atoms with Crippen molar-refractivity contribution >= 4 is 17.8 Å². The molecule has 21 heavy (non-hydrogen) atoms. The van der Waals surface area contributed by atoms with Crippen LogP contribution >= 0.6 is 0 Å². The minimum Gasteiger partial charge on any atom is -0.457 e. The molecule has 2 aliphatic rings. The van der Waals surface area contributed by atoms with E-state index in [1.165, 1.54) is 17.1 Å². The highest BCUT2D eigenvalue weighted by atomic mass is 16.5. The van der Waals surface area contributed by atoms with Crippen molar-refractivity contribution in [2.75, 3.05) is 0 Å². The number of amides is 2. The number of benzene rings is 1. The molecule has 5 heteroatoms. The monoisotopic (exact) mass is 285 g/mol. The average Bonchev–Trinajstić information content (AvgIpc) is 3.00. The van der Waals surface area contributed by atoms with E-state index in [2.05, 4.69) is 0 Å². The molecule has 0 fully saturated rings. The average molecular weight is 285 g/mol. The molecule has 2 atom stereocenters. The third-order valence-electron chi connectivity index (χ3n) is 3.86. The highest BCUT2D eigenvalue weighted by molar-refractivity contribution is 6.13. The largest absolute Gasteiger partial charge is 0.457 e. The summed E-state index contributed by atoms with van der Waals surface area (Å²) in [6, 6.07) is 7.10. The van der Waals surface area contributed by atoms with Crippen LogP contribution in [0.25, 0.3) is 0 Å². The zero-order valence-corrected chi connectivity index (χ0v) is 11.6. The fourth-order valence-corrected chi connectivity index (χ4v) is 2.88. The first kappa shape index (κ1) is 13.5. The van der Waals surface area contributed by atoms with Gasteiger partial charge in [0.05, 0.1) is 6.04 Å². The maximum atomic E-state index is 11.9. The number of hydrogen-bond acceptors (Lipinski definition) is 4. The number of carbonyl (C=O) groups excluding carboxylic acids is 3. The standard InChI is InChI=1S/C16H15NO4/c1-2-16(20)21-13-9-12(10-5-3-4-6-11(10)13)17-14(18)7-8-15(17)19/h3-8,12-13H,2,9H2,1H3/t12-,13-/m0/s1. The van der Waals surface area contributed by atoms with Crippen molar-refractivity contribution in [3.8, 4) is 0 Å². The van der Waals surface area contributed by atoms with E-state index in [1.54, 1.807) is 6.92 Å². The van der Waals surface area contributed by atoms with Crippen LogP contribution in [0.4, 0.5) is 0 Å². The fourth-order valence-electron chi connectivity index (χ4n) is 2.88. The topological polar surface area (TPSA) is 63.7 Å². The summed E-state index contributed by atoms with van der Waals surface area (Å²) < 4.78 is 5.44. The molecule has 2 amide bonds. The number of ether oxygens (including phenoxy) is 1. The van der Waals surface area contributed by atoms with Gasteiger partial charge in [0, 0.05) is 25.0 Å². The Balaban J connectivity index is 1.93. The molecule has 0 saturated carbocycles. The first-order valence-corrected chi connectivity index (χ1v) is 6.95. The third kappa shape index (κ3) is 2.24. The number of hydrogen-bond donors (Lipinski definition) is 0. The number of esters is 1. The van der Waals surface area contributed by atoms with Crippen LogP contribution in [0, 0.1) is 0 Å². The van der Waals surface area contributed by atoms with Crippen LogP contribution in [0.3, 0.4) is 0 Å². The van der Waals surface area contributed by atoms with Crippen LogP contribution in [0.5, 0.6) is 0 Å². The van der Waals surface area contributed by atoms with Gasteiger partial charge in [0.1, 0.15) is 6.10 Å². The van der Waals surface area contributed by atoms with E-state index >= 15 is 0 Å². The van der Waals surface area contributed by atoms with Crippen molar-refractivity contribution in [3.63, 3.8) is 0 Å². The van der Waals surface area contributed by atoms with Gasteiger partial charge in [0.15, 0.2) is 0 Å². The lowest BCUT2D eigenvalue weighted by molar-refractivity contribution is -0.149. The van der Waals surface area contributed by atoms with E-state index in [9.17, 15) is 14.4 Å². The summed E-state index contributed by atoms with van der Waals surface area (Å²) in [6.07, 6.45) is 2.86. The Bertz CT molecular complexity index is 631. The first-order valence-electron chi connectivity index (χ1n) is 6.95. The number of rotatable bonds is 3. The molecule has 0 aromatic heterocycles. The summed E-state index contributed by atoms with van der Waals surface area (Å²) in [6.45, 7) is 1.73. The summed E-state index contributed by atoms with van der Waals surface area (Å²) >= 11 is 0. The fraction of sp³-hybridized carbons (Fsp3) is 0.312.